The minimum Gasteiger partial charge on any atom is -0.490 e. The lowest BCUT2D eigenvalue weighted by atomic mass is 9.81. The maximum atomic E-state index is 12.5. The van der Waals surface area contributed by atoms with Gasteiger partial charge in [0.2, 0.25) is 10.0 Å². The van der Waals surface area contributed by atoms with Crippen LogP contribution in [-0.4, -0.2) is 33.1 Å². The van der Waals surface area contributed by atoms with E-state index in [1.165, 1.54) is 12.6 Å². The summed E-state index contributed by atoms with van der Waals surface area (Å²) in [5, 5.41) is 1.93. The van der Waals surface area contributed by atoms with Crippen LogP contribution < -0.4 is 15.3 Å². The molecule has 0 amide bonds. The molecular weight excluding hydrogens is 422 g/mol. The van der Waals surface area contributed by atoms with Gasteiger partial charge in [-0.1, -0.05) is 30.3 Å². The van der Waals surface area contributed by atoms with E-state index in [0.717, 1.165) is 49.1 Å². The molecule has 0 spiro atoms. The van der Waals surface area contributed by atoms with Crippen LogP contribution in [0.2, 0.25) is 0 Å². The summed E-state index contributed by atoms with van der Waals surface area (Å²) in [6.07, 6.45) is 3.58. The Labute approximate surface area is 185 Å². The Morgan fingerprint density at radius 3 is 2.67 bits per heavy atom. The molecule has 30 heavy (non-hydrogen) atoms. The summed E-state index contributed by atoms with van der Waals surface area (Å²) in [5.74, 6) is 7.55. The van der Waals surface area contributed by atoms with E-state index in [1.807, 2.05) is 30.1 Å². The van der Waals surface area contributed by atoms with Crippen LogP contribution in [0.25, 0.3) is 0 Å². The van der Waals surface area contributed by atoms with Gasteiger partial charge >= 0.3 is 0 Å². The smallest absolute Gasteiger partial charge is 0.240 e. The largest absolute Gasteiger partial charge is 0.490 e. The van der Waals surface area contributed by atoms with E-state index >= 15 is 0 Å². The summed E-state index contributed by atoms with van der Waals surface area (Å²) in [5.41, 5.74) is 3.13. The highest BCUT2D eigenvalue weighted by Gasteiger charge is 2.34. The van der Waals surface area contributed by atoms with Crippen molar-refractivity contribution in [1.82, 2.24) is 9.73 Å². The second kappa shape index (κ2) is 9.24. The summed E-state index contributed by atoms with van der Waals surface area (Å²) >= 11 is 0. The highest BCUT2D eigenvalue weighted by molar-refractivity contribution is 7.89. The predicted octanol–water partition coefficient (Wildman–Crippen LogP) is 3.21. The van der Waals surface area contributed by atoms with Crippen LogP contribution in [0.3, 0.4) is 0 Å². The lowest BCUT2D eigenvalue weighted by molar-refractivity contribution is 0.0920. The van der Waals surface area contributed by atoms with Gasteiger partial charge in [-0.25, -0.2) is 18.1 Å². The van der Waals surface area contributed by atoms with E-state index < -0.39 is 10.0 Å². The van der Waals surface area contributed by atoms with Crippen molar-refractivity contribution in [1.29, 1.82) is 0 Å². The standard InChI is InChI=1S/C22H29N3O3S.ClH/c1-15-11-18-13-20(29(26,27)24-2)14-19(22(18)28-15)12-17-9-6-10-25(23)21(17)16-7-4-3-5-8-16;/h3-5,7-8,13-15,17,21,24H,6,9-12,23H2,1-2H3;1H/t15?,17-,21+;/m0./s1. The number of benzene rings is 2. The average Bonchev–Trinajstić information content (AvgIpc) is 3.09. The van der Waals surface area contributed by atoms with Crippen molar-refractivity contribution in [3.05, 3.63) is 59.2 Å². The molecule has 0 radical (unpaired) electrons. The van der Waals surface area contributed by atoms with Gasteiger partial charge in [-0.15, -0.1) is 12.4 Å². The number of nitrogens with two attached hydrogens (primary N) is 1. The zero-order valence-electron chi connectivity index (χ0n) is 17.4. The van der Waals surface area contributed by atoms with Gasteiger partial charge in [-0.05, 0) is 68.0 Å². The highest BCUT2D eigenvalue weighted by Crippen LogP contribution is 2.41. The topological polar surface area (TPSA) is 84.7 Å². The minimum absolute atomic E-state index is 0. The maximum absolute atomic E-state index is 12.5. The normalized spacial score (nSPS) is 24.0. The Kier molecular flexibility index (Phi) is 7.09. The van der Waals surface area contributed by atoms with Crippen LogP contribution in [0.5, 0.6) is 5.75 Å². The third-order valence-electron chi connectivity index (χ3n) is 6.04. The number of hydrogen-bond donors (Lipinski definition) is 2. The molecule has 0 aliphatic carbocycles. The molecule has 1 fully saturated rings. The summed E-state index contributed by atoms with van der Waals surface area (Å²) in [7, 11) is -2.07. The zero-order valence-corrected chi connectivity index (χ0v) is 19.0. The fraction of sp³-hybridized carbons (Fsp3) is 0.455. The van der Waals surface area contributed by atoms with Gasteiger partial charge in [0.1, 0.15) is 11.9 Å². The van der Waals surface area contributed by atoms with Crippen molar-refractivity contribution in [3.8, 4) is 5.75 Å². The van der Waals surface area contributed by atoms with E-state index in [4.69, 9.17) is 10.6 Å². The number of hydrazine groups is 1. The third-order valence-corrected chi connectivity index (χ3v) is 7.43. The molecule has 8 heteroatoms. The first kappa shape index (κ1) is 23.0. The number of ether oxygens (including phenoxy) is 1. The highest BCUT2D eigenvalue weighted by atomic mass is 35.5. The number of nitrogens with one attached hydrogen (secondary N) is 1. The van der Waals surface area contributed by atoms with Gasteiger partial charge in [-0.3, -0.25) is 5.84 Å². The maximum Gasteiger partial charge on any atom is 0.240 e. The number of rotatable bonds is 5. The number of fused-ring (bicyclic) bond motifs is 1. The average molecular weight is 452 g/mol. The molecule has 3 N–H and O–H groups in total. The Bertz CT molecular complexity index is 985. The molecule has 164 valence electrons. The second-order valence-electron chi connectivity index (χ2n) is 8.11. The first-order chi connectivity index (χ1) is 13.9. The molecular formula is C22H30ClN3O3S. The Morgan fingerprint density at radius 1 is 1.23 bits per heavy atom. The van der Waals surface area contributed by atoms with Gasteiger partial charge in [0.15, 0.2) is 0 Å². The molecule has 2 heterocycles. The van der Waals surface area contributed by atoms with Gasteiger partial charge in [0.05, 0.1) is 10.9 Å². The number of nitrogens with zero attached hydrogens (tertiary/aromatic N) is 1. The van der Waals surface area contributed by atoms with Crippen LogP contribution in [0.1, 0.15) is 42.5 Å². The molecule has 2 aliphatic rings. The Balaban J connectivity index is 0.00000256. The van der Waals surface area contributed by atoms with Crippen molar-refractivity contribution in [2.45, 2.75) is 49.6 Å². The van der Waals surface area contributed by atoms with Crippen molar-refractivity contribution >= 4 is 22.4 Å². The quantitative estimate of drug-likeness (QED) is 0.682. The molecule has 4 rings (SSSR count). The number of halogens is 1. The Morgan fingerprint density at radius 2 is 1.97 bits per heavy atom. The Hall–Kier alpha value is -1.64. The molecule has 0 bridgehead atoms. The van der Waals surface area contributed by atoms with Gasteiger partial charge in [-0.2, -0.15) is 0 Å². The van der Waals surface area contributed by atoms with Gasteiger partial charge in [0.25, 0.3) is 0 Å². The summed E-state index contributed by atoms with van der Waals surface area (Å²) in [6.45, 7) is 2.88. The van der Waals surface area contributed by atoms with Crippen LogP contribution in [0.15, 0.2) is 47.4 Å². The minimum atomic E-state index is -3.52. The number of sulfonamides is 1. The number of hydrogen-bond acceptors (Lipinski definition) is 5. The summed E-state index contributed by atoms with van der Waals surface area (Å²) < 4.78 is 33.5. The van der Waals surface area contributed by atoms with E-state index in [9.17, 15) is 8.42 Å². The third kappa shape index (κ3) is 4.50. The van der Waals surface area contributed by atoms with Crippen LogP contribution in [0.4, 0.5) is 0 Å². The fourth-order valence-electron chi connectivity index (χ4n) is 4.72. The van der Waals surface area contributed by atoms with Crippen molar-refractivity contribution in [3.63, 3.8) is 0 Å². The fourth-order valence-corrected chi connectivity index (χ4v) is 5.55. The number of piperidine rings is 1. The first-order valence-corrected chi connectivity index (χ1v) is 11.7. The molecule has 3 atom stereocenters. The SMILES string of the molecule is CNS(=O)(=O)c1cc2c(c(C[C@@H]3CCCN(N)[C@@H]3c3ccccc3)c1)OC(C)C2.Cl. The van der Waals surface area contributed by atoms with Gasteiger partial charge in [0, 0.05) is 13.0 Å². The second-order valence-corrected chi connectivity index (χ2v) is 10.00. The molecule has 6 nitrogen and oxygen atoms in total. The van der Waals surface area contributed by atoms with Crippen LogP contribution in [0, 0.1) is 5.92 Å². The van der Waals surface area contributed by atoms with E-state index in [2.05, 4.69) is 16.9 Å². The van der Waals surface area contributed by atoms with E-state index in [0.29, 0.717) is 4.90 Å². The molecule has 2 aliphatic heterocycles. The molecule has 2 aromatic rings. The monoisotopic (exact) mass is 451 g/mol. The van der Waals surface area contributed by atoms with Crippen LogP contribution >= 0.6 is 12.4 Å². The summed E-state index contributed by atoms with van der Waals surface area (Å²) in [6, 6.07) is 14.0. The predicted molar refractivity (Wildman–Crippen MR) is 120 cm³/mol. The molecule has 1 unspecified atom stereocenters. The van der Waals surface area contributed by atoms with E-state index in [-0.39, 0.29) is 30.5 Å². The van der Waals surface area contributed by atoms with Crippen molar-refractivity contribution in [2.75, 3.05) is 13.6 Å². The summed E-state index contributed by atoms with van der Waals surface area (Å²) in [4.78, 5) is 0.308. The van der Waals surface area contributed by atoms with E-state index in [1.54, 1.807) is 12.1 Å². The first-order valence-electron chi connectivity index (χ1n) is 10.2. The van der Waals surface area contributed by atoms with Gasteiger partial charge < -0.3 is 4.74 Å². The lowest BCUT2D eigenvalue weighted by Crippen LogP contribution is -2.44. The molecule has 0 aromatic heterocycles. The lowest BCUT2D eigenvalue weighted by Gasteiger charge is -2.39. The molecule has 0 saturated carbocycles. The van der Waals surface area contributed by atoms with Crippen molar-refractivity contribution in [2.24, 2.45) is 11.8 Å². The zero-order chi connectivity index (χ0) is 20.6. The molecule has 2 aromatic carbocycles. The molecule has 1 saturated heterocycles. The van der Waals surface area contributed by atoms with Crippen molar-refractivity contribution < 1.29 is 13.2 Å². The van der Waals surface area contributed by atoms with Crippen LogP contribution in [-0.2, 0) is 22.9 Å².